The molecule has 0 heterocycles. The average molecular weight is 291 g/mol. The molecule has 0 saturated carbocycles. The van der Waals surface area contributed by atoms with Crippen LogP contribution in [-0.4, -0.2) is 25.7 Å². The van der Waals surface area contributed by atoms with Crippen LogP contribution in [0.25, 0.3) is 0 Å². The lowest BCUT2D eigenvalue weighted by Crippen LogP contribution is -2.44. The first-order chi connectivity index (χ1) is 10.1. The first-order valence-electron chi connectivity index (χ1n) is 7.70. The fraction of sp³-hybridized carbons (Fsp3) is 0.588. The molecule has 1 unspecified atom stereocenters. The summed E-state index contributed by atoms with van der Waals surface area (Å²) in [5, 5.41) is 12.8. The predicted molar refractivity (Wildman–Crippen MR) is 85.8 cm³/mol. The highest BCUT2D eigenvalue weighted by atomic mass is 19.1. The molecule has 0 aliphatic carbocycles. The molecule has 1 N–H and O–H groups in total. The summed E-state index contributed by atoms with van der Waals surface area (Å²) in [6, 6.07) is 9.20. The summed E-state index contributed by atoms with van der Waals surface area (Å²) in [4.78, 5) is 1.91. The molecule has 0 bridgehead atoms. The molecule has 21 heavy (non-hydrogen) atoms. The molecule has 3 nitrogen and oxygen atoms in total. The molecular weight excluding hydrogens is 265 g/mol. The molecule has 0 saturated heterocycles. The molecule has 0 fully saturated rings. The molecule has 0 aromatic heterocycles. The second-order valence-corrected chi connectivity index (χ2v) is 5.45. The van der Waals surface area contributed by atoms with E-state index in [4.69, 9.17) is 0 Å². The van der Waals surface area contributed by atoms with Gasteiger partial charge in [0.05, 0.1) is 11.8 Å². The van der Waals surface area contributed by atoms with Gasteiger partial charge in [0.25, 0.3) is 0 Å². The number of para-hydroxylation sites is 1. The highest BCUT2D eigenvalue weighted by molar-refractivity contribution is 5.46. The number of nitrogens with one attached hydrogen (secondary N) is 1. The van der Waals surface area contributed by atoms with Crippen molar-refractivity contribution in [1.29, 1.82) is 5.26 Å². The Hall–Kier alpha value is -1.60. The topological polar surface area (TPSA) is 39.1 Å². The van der Waals surface area contributed by atoms with Crippen molar-refractivity contribution in [3.8, 4) is 6.07 Å². The van der Waals surface area contributed by atoms with Crippen molar-refractivity contribution in [2.45, 2.75) is 45.1 Å². The van der Waals surface area contributed by atoms with Gasteiger partial charge in [-0.05, 0) is 44.4 Å². The van der Waals surface area contributed by atoms with Crippen LogP contribution in [-0.2, 0) is 0 Å². The van der Waals surface area contributed by atoms with E-state index in [0.717, 1.165) is 38.8 Å². The molecule has 1 aromatic carbocycles. The van der Waals surface area contributed by atoms with E-state index < -0.39 is 5.54 Å². The van der Waals surface area contributed by atoms with Crippen LogP contribution in [0, 0.1) is 17.1 Å². The van der Waals surface area contributed by atoms with Gasteiger partial charge in [-0.1, -0.05) is 26.0 Å². The van der Waals surface area contributed by atoms with Crippen molar-refractivity contribution in [1.82, 2.24) is 5.32 Å². The second-order valence-electron chi connectivity index (χ2n) is 5.45. The van der Waals surface area contributed by atoms with Crippen LogP contribution in [0.15, 0.2) is 24.3 Å². The highest BCUT2D eigenvalue weighted by Gasteiger charge is 2.26. The van der Waals surface area contributed by atoms with Crippen LogP contribution in [0.5, 0.6) is 0 Å². The van der Waals surface area contributed by atoms with Crippen LogP contribution in [0.4, 0.5) is 10.1 Å². The summed E-state index contributed by atoms with van der Waals surface area (Å²) in [6.07, 6.45) is 3.42. The van der Waals surface area contributed by atoms with Crippen molar-refractivity contribution in [3.05, 3.63) is 30.1 Å². The normalized spacial score (nSPS) is 13.5. The summed E-state index contributed by atoms with van der Waals surface area (Å²) < 4.78 is 13.7. The fourth-order valence-electron chi connectivity index (χ4n) is 2.43. The first-order valence-corrected chi connectivity index (χ1v) is 7.70. The minimum absolute atomic E-state index is 0.203. The van der Waals surface area contributed by atoms with E-state index in [1.165, 1.54) is 6.07 Å². The van der Waals surface area contributed by atoms with Gasteiger partial charge >= 0.3 is 0 Å². The molecule has 1 aromatic rings. The lowest BCUT2D eigenvalue weighted by atomic mass is 9.91. The Balaban J connectivity index is 2.54. The van der Waals surface area contributed by atoms with E-state index in [-0.39, 0.29) is 5.82 Å². The van der Waals surface area contributed by atoms with Gasteiger partial charge in [-0.25, -0.2) is 4.39 Å². The number of hydrogen-bond acceptors (Lipinski definition) is 3. The lowest BCUT2D eigenvalue weighted by Gasteiger charge is -2.28. The van der Waals surface area contributed by atoms with Gasteiger partial charge in [0, 0.05) is 13.6 Å². The van der Waals surface area contributed by atoms with Gasteiger partial charge in [-0.3, -0.25) is 5.32 Å². The van der Waals surface area contributed by atoms with E-state index in [9.17, 15) is 9.65 Å². The Morgan fingerprint density at radius 2 is 2.05 bits per heavy atom. The molecule has 0 aliphatic rings. The maximum absolute atomic E-state index is 13.7. The van der Waals surface area contributed by atoms with Gasteiger partial charge in [0.15, 0.2) is 0 Å². The lowest BCUT2D eigenvalue weighted by molar-refractivity contribution is 0.366. The summed E-state index contributed by atoms with van der Waals surface area (Å²) in [6.45, 7) is 5.71. The van der Waals surface area contributed by atoms with Crippen molar-refractivity contribution in [3.63, 3.8) is 0 Å². The Kier molecular flexibility index (Phi) is 7.18. The summed E-state index contributed by atoms with van der Waals surface area (Å²) in [7, 11) is 1.89. The molecule has 0 radical (unpaired) electrons. The summed E-state index contributed by atoms with van der Waals surface area (Å²) in [5.41, 5.74) is 0.157. The standard InChI is InChI=1S/C17H26FN3/c1-4-12-20-17(5-2,14-19)11-8-13-21(3)16-10-7-6-9-15(16)18/h6-7,9-10,20H,4-5,8,11-13H2,1-3H3. The monoisotopic (exact) mass is 291 g/mol. The zero-order valence-corrected chi connectivity index (χ0v) is 13.3. The van der Waals surface area contributed by atoms with Crippen LogP contribution in [0.2, 0.25) is 0 Å². The van der Waals surface area contributed by atoms with E-state index in [1.807, 2.05) is 24.9 Å². The Morgan fingerprint density at radius 1 is 1.33 bits per heavy atom. The largest absolute Gasteiger partial charge is 0.372 e. The van der Waals surface area contributed by atoms with Crippen LogP contribution in [0.3, 0.4) is 0 Å². The van der Waals surface area contributed by atoms with Crippen LogP contribution >= 0.6 is 0 Å². The van der Waals surface area contributed by atoms with Gasteiger partial charge in [-0.2, -0.15) is 5.26 Å². The van der Waals surface area contributed by atoms with Crippen molar-refractivity contribution in [2.24, 2.45) is 0 Å². The molecular formula is C17H26FN3. The van der Waals surface area contributed by atoms with Crippen molar-refractivity contribution >= 4 is 5.69 Å². The van der Waals surface area contributed by atoms with Gasteiger partial charge < -0.3 is 4.90 Å². The molecule has 0 spiro atoms. The van der Waals surface area contributed by atoms with Gasteiger partial charge in [0.1, 0.15) is 11.4 Å². The molecule has 0 amide bonds. The fourth-order valence-corrected chi connectivity index (χ4v) is 2.43. The van der Waals surface area contributed by atoms with Crippen LogP contribution < -0.4 is 10.2 Å². The quantitative estimate of drug-likeness (QED) is 0.754. The zero-order valence-electron chi connectivity index (χ0n) is 13.3. The molecule has 4 heteroatoms. The van der Waals surface area contributed by atoms with Crippen molar-refractivity contribution < 1.29 is 4.39 Å². The number of nitrogens with zero attached hydrogens (tertiary/aromatic N) is 2. The Labute approximate surface area is 127 Å². The number of benzene rings is 1. The third-order valence-corrected chi connectivity index (χ3v) is 3.89. The number of halogens is 1. The van der Waals surface area contributed by atoms with E-state index in [0.29, 0.717) is 5.69 Å². The number of hydrogen-bond donors (Lipinski definition) is 1. The molecule has 116 valence electrons. The van der Waals surface area contributed by atoms with Gasteiger partial charge in [-0.15, -0.1) is 0 Å². The summed E-state index contributed by atoms with van der Waals surface area (Å²) in [5.74, 6) is -0.203. The summed E-state index contributed by atoms with van der Waals surface area (Å²) >= 11 is 0. The van der Waals surface area contributed by atoms with E-state index in [1.54, 1.807) is 12.1 Å². The van der Waals surface area contributed by atoms with Gasteiger partial charge in [0.2, 0.25) is 0 Å². The third kappa shape index (κ3) is 5.02. The maximum Gasteiger partial charge on any atom is 0.146 e. The third-order valence-electron chi connectivity index (χ3n) is 3.89. The average Bonchev–Trinajstić information content (AvgIpc) is 2.51. The minimum Gasteiger partial charge on any atom is -0.372 e. The predicted octanol–water partition coefficient (Wildman–Crippen LogP) is 3.71. The molecule has 1 atom stereocenters. The first kappa shape index (κ1) is 17.5. The smallest absolute Gasteiger partial charge is 0.146 e. The number of nitriles is 1. The van der Waals surface area contributed by atoms with Crippen molar-refractivity contribution in [2.75, 3.05) is 25.0 Å². The SMILES string of the molecule is CCCNC(C#N)(CC)CCCN(C)c1ccccc1F. The minimum atomic E-state index is -0.452. The van der Waals surface area contributed by atoms with Crippen LogP contribution in [0.1, 0.15) is 39.5 Å². The van der Waals surface area contributed by atoms with E-state index >= 15 is 0 Å². The molecule has 1 rings (SSSR count). The maximum atomic E-state index is 13.7. The zero-order chi connectivity index (χ0) is 15.7. The Bertz CT molecular complexity index is 469. The second kappa shape index (κ2) is 8.63. The number of rotatable bonds is 9. The highest BCUT2D eigenvalue weighted by Crippen LogP contribution is 2.20. The van der Waals surface area contributed by atoms with E-state index in [2.05, 4.69) is 18.3 Å². The number of anilines is 1. The Morgan fingerprint density at radius 3 is 2.62 bits per heavy atom. The molecule has 0 aliphatic heterocycles.